The molecule has 3 aromatic carbocycles. The van der Waals surface area contributed by atoms with Crippen LogP contribution in [0.1, 0.15) is 16.7 Å². The van der Waals surface area contributed by atoms with Gasteiger partial charge in [-0.25, -0.2) is 0 Å². The molecule has 0 atom stereocenters. The highest BCUT2D eigenvalue weighted by atomic mass is 35.5. The molecule has 3 rings (SSSR count). The summed E-state index contributed by atoms with van der Waals surface area (Å²) < 4.78 is 60.3. The molecule has 192 valence electrons. The van der Waals surface area contributed by atoms with Gasteiger partial charge in [-0.3, -0.25) is 10.1 Å². The van der Waals surface area contributed by atoms with E-state index in [-0.39, 0.29) is 22.1 Å². The van der Waals surface area contributed by atoms with Crippen molar-refractivity contribution in [1.82, 2.24) is 0 Å². The molecule has 0 saturated heterocycles. The molecule has 0 fully saturated rings. The molecular weight excluding hydrogens is 517 g/mol. The van der Waals surface area contributed by atoms with Gasteiger partial charge in [0.2, 0.25) is 5.75 Å². The Morgan fingerprint density at radius 1 is 0.973 bits per heavy atom. The first-order chi connectivity index (χ1) is 17.5. The molecule has 0 amide bonds. The number of nitrogens with zero attached hydrogens (tertiary/aromatic N) is 2. The molecule has 3 aromatic rings. The van der Waals surface area contributed by atoms with E-state index in [9.17, 15) is 28.5 Å². The van der Waals surface area contributed by atoms with Gasteiger partial charge in [0.15, 0.2) is 23.0 Å². The van der Waals surface area contributed by atoms with Gasteiger partial charge >= 0.3 is 11.9 Å². The topological polar surface area (TPSA) is 104 Å². The highest BCUT2D eigenvalue weighted by Gasteiger charge is 2.33. The number of allylic oxidation sites excluding steroid dienone is 1. The lowest BCUT2D eigenvalue weighted by Gasteiger charge is -2.14. The van der Waals surface area contributed by atoms with Crippen LogP contribution in [0.15, 0.2) is 48.5 Å². The Balaban J connectivity index is 2.04. The zero-order chi connectivity index (χ0) is 27.3. The van der Waals surface area contributed by atoms with Crippen molar-refractivity contribution in [3.05, 3.63) is 80.4 Å². The minimum absolute atomic E-state index is 0.0255. The van der Waals surface area contributed by atoms with Crippen molar-refractivity contribution < 1.29 is 37.0 Å². The van der Waals surface area contributed by atoms with Gasteiger partial charge in [-0.15, -0.1) is 0 Å². The standard InChI is InChI=1S/C25H18ClF3N2O6/c1-34-21-6-4-15(11-22(21)35-2)16(13-30)8-14-9-18(26)24(23(10-14)36-3)37-20-7-5-17(25(27,28)29)12-19(20)31(32)33/h4-12H,1-3H3/b16-8+. The van der Waals surface area contributed by atoms with Crippen molar-refractivity contribution >= 4 is 28.9 Å². The SMILES string of the molecule is COc1ccc(/C(C#N)=C/c2cc(Cl)c(Oc3ccc(C(F)(F)F)cc3[N+](=O)[O-])c(OC)c2)cc1OC. The van der Waals surface area contributed by atoms with Crippen molar-refractivity contribution in [2.45, 2.75) is 6.18 Å². The first-order valence-electron chi connectivity index (χ1n) is 10.3. The number of hydrogen-bond acceptors (Lipinski definition) is 7. The van der Waals surface area contributed by atoms with Crippen LogP contribution in [0.2, 0.25) is 5.02 Å². The third kappa shape index (κ3) is 6.05. The van der Waals surface area contributed by atoms with E-state index < -0.39 is 28.1 Å². The number of halogens is 4. The quantitative estimate of drug-likeness (QED) is 0.131. The number of nitriles is 1. The lowest BCUT2D eigenvalue weighted by Crippen LogP contribution is -2.06. The maximum Gasteiger partial charge on any atom is 0.416 e. The summed E-state index contributed by atoms with van der Waals surface area (Å²) in [6.07, 6.45) is -3.26. The Kier molecular flexibility index (Phi) is 8.14. The smallest absolute Gasteiger partial charge is 0.416 e. The maximum absolute atomic E-state index is 13.0. The normalized spacial score (nSPS) is 11.5. The highest BCUT2D eigenvalue weighted by molar-refractivity contribution is 6.32. The number of methoxy groups -OCH3 is 3. The molecule has 0 bridgehead atoms. The predicted octanol–water partition coefficient (Wildman–Crippen LogP) is 7.15. The Hall–Kier alpha value is -4.43. The van der Waals surface area contributed by atoms with E-state index in [2.05, 4.69) is 6.07 Å². The van der Waals surface area contributed by atoms with E-state index in [0.717, 1.165) is 6.07 Å². The van der Waals surface area contributed by atoms with Crippen LogP contribution in [0, 0.1) is 21.4 Å². The lowest BCUT2D eigenvalue weighted by molar-refractivity contribution is -0.385. The van der Waals surface area contributed by atoms with Crippen LogP contribution in [0.4, 0.5) is 18.9 Å². The second-order valence-electron chi connectivity index (χ2n) is 7.31. The summed E-state index contributed by atoms with van der Waals surface area (Å²) in [6.45, 7) is 0. The molecule has 0 N–H and O–H groups in total. The van der Waals surface area contributed by atoms with Gasteiger partial charge in [0, 0.05) is 6.07 Å². The van der Waals surface area contributed by atoms with E-state index in [1.54, 1.807) is 18.2 Å². The van der Waals surface area contributed by atoms with Crippen LogP contribution in [-0.2, 0) is 6.18 Å². The molecule has 37 heavy (non-hydrogen) atoms. The number of nitro benzene ring substituents is 1. The van der Waals surface area contributed by atoms with E-state index in [0.29, 0.717) is 34.8 Å². The fourth-order valence-electron chi connectivity index (χ4n) is 3.31. The summed E-state index contributed by atoms with van der Waals surface area (Å²) in [5, 5.41) is 21.0. The van der Waals surface area contributed by atoms with Crippen molar-refractivity contribution in [1.29, 1.82) is 5.26 Å². The molecule has 0 aliphatic heterocycles. The van der Waals surface area contributed by atoms with Gasteiger partial charge < -0.3 is 18.9 Å². The van der Waals surface area contributed by atoms with Crippen molar-refractivity contribution in [2.24, 2.45) is 0 Å². The van der Waals surface area contributed by atoms with E-state index in [4.69, 9.17) is 30.5 Å². The average Bonchev–Trinajstić information content (AvgIpc) is 2.87. The van der Waals surface area contributed by atoms with Crippen molar-refractivity contribution in [3.8, 4) is 34.8 Å². The summed E-state index contributed by atoms with van der Waals surface area (Å²) in [5.74, 6) is 0.293. The molecule has 0 unspecified atom stereocenters. The van der Waals surface area contributed by atoms with Crippen molar-refractivity contribution in [2.75, 3.05) is 21.3 Å². The highest BCUT2D eigenvalue weighted by Crippen LogP contribution is 2.44. The molecule has 12 heteroatoms. The van der Waals surface area contributed by atoms with Crippen LogP contribution >= 0.6 is 11.6 Å². The third-order valence-corrected chi connectivity index (χ3v) is 5.35. The Morgan fingerprint density at radius 3 is 2.19 bits per heavy atom. The summed E-state index contributed by atoms with van der Waals surface area (Å²) >= 11 is 6.36. The Bertz CT molecular complexity index is 1420. The van der Waals surface area contributed by atoms with E-state index in [1.165, 1.54) is 39.5 Å². The molecule has 0 saturated carbocycles. The second kappa shape index (κ2) is 11.1. The third-order valence-electron chi connectivity index (χ3n) is 5.07. The van der Waals surface area contributed by atoms with Gasteiger partial charge in [0.05, 0.1) is 48.5 Å². The summed E-state index contributed by atoms with van der Waals surface area (Å²) in [5.41, 5.74) is -0.925. The number of ether oxygens (including phenoxy) is 4. The molecule has 0 radical (unpaired) electrons. The number of nitro groups is 1. The Morgan fingerprint density at radius 2 is 1.62 bits per heavy atom. The average molecular weight is 535 g/mol. The first-order valence-corrected chi connectivity index (χ1v) is 10.6. The van der Waals surface area contributed by atoms with Crippen LogP contribution < -0.4 is 18.9 Å². The number of rotatable bonds is 8. The van der Waals surface area contributed by atoms with Gasteiger partial charge in [-0.1, -0.05) is 11.6 Å². The molecule has 0 heterocycles. The minimum atomic E-state index is -4.78. The summed E-state index contributed by atoms with van der Waals surface area (Å²) in [4.78, 5) is 10.4. The number of alkyl halides is 3. The predicted molar refractivity (Wildman–Crippen MR) is 129 cm³/mol. The molecule has 0 aromatic heterocycles. The van der Waals surface area contributed by atoms with Gasteiger partial charge in [-0.05, 0) is 59.7 Å². The van der Waals surface area contributed by atoms with Crippen LogP contribution in [0.5, 0.6) is 28.7 Å². The Labute approximate surface area is 214 Å². The zero-order valence-corrected chi connectivity index (χ0v) is 20.3. The first kappa shape index (κ1) is 27.2. The fraction of sp³-hybridized carbons (Fsp3) is 0.160. The zero-order valence-electron chi connectivity index (χ0n) is 19.6. The van der Waals surface area contributed by atoms with Crippen LogP contribution in [0.3, 0.4) is 0 Å². The fourth-order valence-corrected chi connectivity index (χ4v) is 3.56. The molecule has 0 aliphatic carbocycles. The minimum Gasteiger partial charge on any atom is -0.493 e. The van der Waals surface area contributed by atoms with Gasteiger partial charge in [0.25, 0.3) is 0 Å². The number of benzene rings is 3. The van der Waals surface area contributed by atoms with Crippen LogP contribution in [0.25, 0.3) is 11.6 Å². The molecule has 0 aliphatic rings. The number of hydrogen-bond donors (Lipinski definition) is 0. The van der Waals surface area contributed by atoms with Gasteiger partial charge in [-0.2, -0.15) is 18.4 Å². The second-order valence-corrected chi connectivity index (χ2v) is 7.72. The molecular formula is C25H18ClF3N2O6. The lowest BCUT2D eigenvalue weighted by atomic mass is 10.0. The maximum atomic E-state index is 13.0. The van der Waals surface area contributed by atoms with E-state index in [1.807, 2.05) is 0 Å². The van der Waals surface area contributed by atoms with E-state index >= 15 is 0 Å². The van der Waals surface area contributed by atoms with Gasteiger partial charge in [0.1, 0.15) is 0 Å². The monoisotopic (exact) mass is 534 g/mol. The summed E-state index contributed by atoms with van der Waals surface area (Å²) in [7, 11) is 4.23. The molecule has 8 nitrogen and oxygen atoms in total. The summed E-state index contributed by atoms with van der Waals surface area (Å²) in [6, 6.07) is 11.7. The largest absolute Gasteiger partial charge is 0.493 e. The van der Waals surface area contributed by atoms with Crippen molar-refractivity contribution in [3.63, 3.8) is 0 Å². The van der Waals surface area contributed by atoms with Crippen LogP contribution in [-0.4, -0.2) is 26.3 Å². The molecule has 0 spiro atoms.